The minimum absolute atomic E-state index is 0.0548. The third kappa shape index (κ3) is 4.22. The summed E-state index contributed by atoms with van der Waals surface area (Å²) >= 11 is 0. The maximum atomic E-state index is 10.0. The number of aliphatic hydroxyl groups is 1. The smallest absolute Gasteiger partial charge is 0.119 e. The van der Waals surface area contributed by atoms with E-state index in [-0.39, 0.29) is 11.5 Å². The first kappa shape index (κ1) is 14.8. The monoisotopic (exact) mass is 251 g/mol. The molecular formula is C15H25NO2. The van der Waals surface area contributed by atoms with E-state index in [1.165, 1.54) is 0 Å². The molecule has 1 unspecified atom stereocenters. The van der Waals surface area contributed by atoms with E-state index in [2.05, 4.69) is 25.7 Å². The molecule has 1 rings (SSSR count). The first-order valence-corrected chi connectivity index (χ1v) is 6.38. The number of nitrogens with zero attached hydrogens (tertiary/aromatic N) is 1. The summed E-state index contributed by atoms with van der Waals surface area (Å²) < 4.78 is 5.13. The molecular weight excluding hydrogens is 226 g/mol. The van der Waals surface area contributed by atoms with Crippen molar-refractivity contribution < 1.29 is 9.84 Å². The Balaban J connectivity index is 2.52. The van der Waals surface area contributed by atoms with Crippen LogP contribution in [0.15, 0.2) is 24.3 Å². The van der Waals surface area contributed by atoms with E-state index < -0.39 is 0 Å². The molecule has 1 atom stereocenters. The minimum atomic E-state index is -0.279. The van der Waals surface area contributed by atoms with E-state index in [0.717, 1.165) is 24.4 Å². The fourth-order valence-corrected chi connectivity index (χ4v) is 1.71. The van der Waals surface area contributed by atoms with Gasteiger partial charge >= 0.3 is 0 Å². The fourth-order valence-electron chi connectivity index (χ4n) is 1.71. The maximum Gasteiger partial charge on any atom is 0.119 e. The number of methoxy groups -OCH3 is 1. The summed E-state index contributed by atoms with van der Waals surface area (Å²) in [4.78, 5) is 2.15. The van der Waals surface area contributed by atoms with Gasteiger partial charge in [-0.1, -0.05) is 20.8 Å². The number of benzene rings is 1. The van der Waals surface area contributed by atoms with Gasteiger partial charge in [-0.05, 0) is 36.1 Å². The zero-order valence-corrected chi connectivity index (χ0v) is 12.1. The van der Waals surface area contributed by atoms with E-state index >= 15 is 0 Å². The van der Waals surface area contributed by atoms with Gasteiger partial charge in [-0.2, -0.15) is 0 Å². The Hall–Kier alpha value is -1.22. The molecule has 102 valence electrons. The maximum absolute atomic E-state index is 10.0. The lowest BCUT2D eigenvalue weighted by Gasteiger charge is -2.28. The van der Waals surface area contributed by atoms with Gasteiger partial charge in [0.25, 0.3) is 0 Å². The first-order valence-electron chi connectivity index (χ1n) is 6.38. The van der Waals surface area contributed by atoms with Crippen LogP contribution in [0.3, 0.4) is 0 Å². The molecule has 3 heteroatoms. The topological polar surface area (TPSA) is 32.7 Å². The Morgan fingerprint density at radius 2 is 1.78 bits per heavy atom. The Morgan fingerprint density at radius 1 is 1.22 bits per heavy atom. The Kier molecular flexibility index (Phi) is 5.03. The summed E-state index contributed by atoms with van der Waals surface area (Å²) in [5.41, 5.74) is 1.08. The fraction of sp³-hybridized carbons (Fsp3) is 0.600. The average molecular weight is 251 g/mol. The van der Waals surface area contributed by atoms with Crippen LogP contribution in [-0.2, 0) is 0 Å². The van der Waals surface area contributed by atoms with Gasteiger partial charge in [0, 0.05) is 19.3 Å². The molecule has 0 saturated carbocycles. The lowest BCUT2D eigenvalue weighted by molar-refractivity contribution is 0.0576. The molecule has 0 spiro atoms. The average Bonchev–Trinajstić information content (AvgIpc) is 2.34. The van der Waals surface area contributed by atoms with Crippen molar-refractivity contribution in [2.75, 3.05) is 25.6 Å². The van der Waals surface area contributed by atoms with Crippen molar-refractivity contribution in [2.45, 2.75) is 33.3 Å². The molecule has 18 heavy (non-hydrogen) atoms. The second kappa shape index (κ2) is 6.10. The summed E-state index contributed by atoms with van der Waals surface area (Å²) in [6.45, 7) is 7.02. The van der Waals surface area contributed by atoms with Crippen molar-refractivity contribution in [3.8, 4) is 5.75 Å². The zero-order chi connectivity index (χ0) is 13.8. The molecule has 1 aromatic rings. The van der Waals surface area contributed by atoms with Crippen LogP contribution in [0.2, 0.25) is 0 Å². The number of rotatable bonds is 5. The molecule has 0 amide bonds. The number of ether oxygens (including phenoxy) is 1. The molecule has 0 aliphatic heterocycles. The van der Waals surface area contributed by atoms with E-state index in [4.69, 9.17) is 4.74 Å². The second-order valence-corrected chi connectivity index (χ2v) is 5.79. The Morgan fingerprint density at radius 3 is 2.22 bits per heavy atom. The van der Waals surface area contributed by atoms with Crippen LogP contribution in [0.1, 0.15) is 27.2 Å². The van der Waals surface area contributed by atoms with Gasteiger partial charge in [0.1, 0.15) is 5.75 Å². The van der Waals surface area contributed by atoms with Crippen LogP contribution >= 0.6 is 0 Å². The van der Waals surface area contributed by atoms with Crippen molar-refractivity contribution in [1.82, 2.24) is 0 Å². The van der Waals surface area contributed by atoms with Crippen LogP contribution in [0.25, 0.3) is 0 Å². The van der Waals surface area contributed by atoms with Crippen LogP contribution in [-0.4, -0.2) is 31.9 Å². The van der Waals surface area contributed by atoms with Crippen LogP contribution in [0.4, 0.5) is 5.69 Å². The molecule has 0 aliphatic rings. The van der Waals surface area contributed by atoms with E-state index in [1.54, 1.807) is 7.11 Å². The highest BCUT2D eigenvalue weighted by Gasteiger charge is 2.21. The highest BCUT2D eigenvalue weighted by atomic mass is 16.5. The highest BCUT2D eigenvalue weighted by Crippen LogP contribution is 2.23. The van der Waals surface area contributed by atoms with E-state index in [0.29, 0.717) is 0 Å². The summed E-state index contributed by atoms with van der Waals surface area (Å²) in [6.07, 6.45) is 0.490. The van der Waals surface area contributed by atoms with Gasteiger partial charge in [-0.25, -0.2) is 0 Å². The molecule has 0 aromatic heterocycles. The molecule has 0 heterocycles. The molecule has 3 nitrogen and oxygen atoms in total. The van der Waals surface area contributed by atoms with Crippen molar-refractivity contribution in [2.24, 2.45) is 5.41 Å². The van der Waals surface area contributed by atoms with Gasteiger partial charge in [-0.3, -0.25) is 0 Å². The van der Waals surface area contributed by atoms with Crippen molar-refractivity contribution in [3.05, 3.63) is 24.3 Å². The quantitative estimate of drug-likeness (QED) is 0.873. The summed E-state index contributed by atoms with van der Waals surface area (Å²) in [5.74, 6) is 0.863. The third-order valence-electron chi connectivity index (χ3n) is 3.25. The van der Waals surface area contributed by atoms with Crippen molar-refractivity contribution in [3.63, 3.8) is 0 Å². The van der Waals surface area contributed by atoms with Crippen LogP contribution in [0, 0.1) is 5.41 Å². The molecule has 0 radical (unpaired) electrons. The second-order valence-electron chi connectivity index (χ2n) is 5.79. The predicted molar refractivity (Wildman–Crippen MR) is 76.3 cm³/mol. The normalized spacial score (nSPS) is 13.2. The Bertz CT molecular complexity index is 354. The van der Waals surface area contributed by atoms with Gasteiger partial charge in [0.05, 0.1) is 13.2 Å². The highest BCUT2D eigenvalue weighted by molar-refractivity contribution is 5.48. The Labute approximate surface area is 110 Å². The van der Waals surface area contributed by atoms with Gasteiger partial charge in [0.2, 0.25) is 0 Å². The third-order valence-corrected chi connectivity index (χ3v) is 3.25. The minimum Gasteiger partial charge on any atom is -0.497 e. The zero-order valence-electron chi connectivity index (χ0n) is 12.1. The number of hydrogen-bond donors (Lipinski definition) is 1. The summed E-state index contributed by atoms with van der Waals surface area (Å²) in [7, 11) is 3.70. The summed E-state index contributed by atoms with van der Waals surface area (Å²) in [5, 5.41) is 10.0. The van der Waals surface area contributed by atoms with E-state index in [9.17, 15) is 5.11 Å². The largest absolute Gasteiger partial charge is 0.497 e. The van der Waals surface area contributed by atoms with E-state index in [1.807, 2.05) is 31.3 Å². The van der Waals surface area contributed by atoms with Crippen molar-refractivity contribution in [1.29, 1.82) is 0 Å². The predicted octanol–water partition coefficient (Wildman–Crippen LogP) is 2.93. The van der Waals surface area contributed by atoms with Crippen LogP contribution < -0.4 is 9.64 Å². The first-order chi connectivity index (χ1) is 8.34. The standard InChI is InChI=1S/C15H25NO2/c1-15(2,3)14(17)10-11-16(4)12-6-8-13(18-5)9-7-12/h6-9,14,17H,10-11H2,1-5H3. The molecule has 0 saturated heterocycles. The number of anilines is 1. The SMILES string of the molecule is COc1ccc(N(C)CCC(O)C(C)(C)C)cc1. The summed E-state index contributed by atoms with van der Waals surface area (Å²) in [6, 6.07) is 7.96. The van der Waals surface area contributed by atoms with Crippen molar-refractivity contribution >= 4 is 5.69 Å². The number of hydrogen-bond acceptors (Lipinski definition) is 3. The molecule has 0 bridgehead atoms. The molecule has 0 fully saturated rings. The number of aliphatic hydroxyl groups excluding tert-OH is 1. The molecule has 1 N–H and O–H groups in total. The van der Waals surface area contributed by atoms with Crippen LogP contribution in [0.5, 0.6) is 5.75 Å². The van der Waals surface area contributed by atoms with Gasteiger partial charge < -0.3 is 14.7 Å². The molecule has 1 aromatic carbocycles. The lowest BCUT2D eigenvalue weighted by Crippen LogP contribution is -2.31. The molecule has 0 aliphatic carbocycles. The van der Waals surface area contributed by atoms with Gasteiger partial charge in [0.15, 0.2) is 0 Å². The van der Waals surface area contributed by atoms with Gasteiger partial charge in [-0.15, -0.1) is 0 Å². The lowest BCUT2D eigenvalue weighted by atomic mass is 9.87.